The van der Waals surface area contributed by atoms with Crippen LogP contribution in [0.5, 0.6) is 0 Å². The van der Waals surface area contributed by atoms with Crippen LogP contribution in [0, 0.1) is 0 Å². The highest BCUT2D eigenvalue weighted by Gasteiger charge is 2.13. The Morgan fingerprint density at radius 1 is 0.300 bits per heavy atom. The van der Waals surface area contributed by atoms with Crippen molar-refractivity contribution >= 4 is 136 Å². The lowest BCUT2D eigenvalue weighted by atomic mass is 10.6. The van der Waals surface area contributed by atoms with Crippen molar-refractivity contribution in [3.05, 3.63) is 5.62 Å². The minimum Gasteiger partial charge on any atom is -0.354 e. The maximum absolute atomic E-state index is 5.66. The van der Waals surface area contributed by atoms with Gasteiger partial charge in [0.2, 0.25) is 71.0 Å². The van der Waals surface area contributed by atoms with Crippen LogP contribution in [0.2, 0.25) is 0 Å². The van der Waals surface area contributed by atoms with Gasteiger partial charge in [-0.2, -0.15) is 84.7 Å². The monoisotopic (exact) mass is 1210 g/mol. The highest BCUT2D eigenvalue weighted by molar-refractivity contribution is 8.00. The Bertz CT molecular complexity index is 2850. The predicted molar refractivity (Wildman–Crippen MR) is 328 cm³/mol. The lowest BCUT2D eigenvalue weighted by molar-refractivity contribution is 0.824. The van der Waals surface area contributed by atoms with E-state index < -0.39 is 0 Å². The summed E-state index contributed by atoms with van der Waals surface area (Å²) in [6.07, 6.45) is 0. The van der Waals surface area contributed by atoms with Gasteiger partial charge in [0.15, 0.2) is 30.9 Å². The first kappa shape index (κ1) is 62.9. The van der Waals surface area contributed by atoms with Crippen molar-refractivity contribution in [3.8, 4) is 0 Å². The molecular weight excluding hydrogens is 1140 g/mol. The van der Waals surface area contributed by atoms with Gasteiger partial charge in [-0.15, -0.1) is 0 Å². The normalized spacial score (nSPS) is 11.3. The molecule has 0 aliphatic carbocycles. The van der Waals surface area contributed by atoms with Crippen LogP contribution in [0.4, 0.5) is 65.4 Å². The number of nitrogens with one attached hydrogen (secondary N) is 12. The standard InChI is InChI=1S/C43H71N31S6/c1-8-75-38-63-26(45-7)57-28(65-38)47-16-17-49-30-59-32(69-40(67-30)77-10-3)51-20-21-53-34-61-36(73-42(71-34)79-12-5)55-24-25-56-37-62-35(72-43(74-37)80-13-6)54-23-22-52-33-60-31(68-41(70-33)78-11-4)50-19-18-48-29-58-27(46-15-14-44)64-39(66-29)76-9-2/h8-25,44H2,1-7H3,(H2,45,47,57,63,65)(H2,46,48,58,64,66)(H2,49,51,59,67,69)(H2,50,52,60,68,70)(H2,53,55,61,71,73)(H2,54,56,62,72,74). The van der Waals surface area contributed by atoms with Crippen molar-refractivity contribution in [1.82, 2.24) is 89.7 Å². The summed E-state index contributed by atoms with van der Waals surface area (Å²) in [5.41, 5.74) is 6.16. The number of aromatic amines is 1. The molecule has 0 unspecified atom stereocenters. The molecule has 0 radical (unpaired) electrons. The van der Waals surface area contributed by atoms with E-state index in [-0.39, 0.29) is 0 Å². The van der Waals surface area contributed by atoms with Crippen molar-refractivity contribution in [1.29, 1.82) is 0 Å². The molecule has 80 heavy (non-hydrogen) atoms. The summed E-state index contributed by atoms with van der Waals surface area (Å²) in [6.45, 7) is 18.3. The predicted octanol–water partition coefficient (Wildman–Crippen LogP) is 3.92. The topological polar surface area (TPSA) is 406 Å². The fourth-order valence-electron chi connectivity index (χ4n) is 6.23. The number of rotatable bonds is 40. The number of nitrogens with two attached hydrogens (primary N) is 1. The minimum atomic E-state index is 0.433. The molecule has 0 spiro atoms. The van der Waals surface area contributed by atoms with Crippen LogP contribution in [-0.2, 0) is 0 Å². The maximum Gasteiger partial charge on any atom is 0.228 e. The Hall–Kier alpha value is -6.28. The molecule has 0 saturated carbocycles. The second-order valence-electron chi connectivity index (χ2n) is 15.4. The number of thioether (sulfide) groups is 6. The number of hydrogen-bond donors (Lipinski definition) is 13. The zero-order valence-corrected chi connectivity index (χ0v) is 50.7. The van der Waals surface area contributed by atoms with Crippen LogP contribution in [0.3, 0.4) is 0 Å². The second-order valence-corrected chi connectivity index (χ2v) is 22.8. The highest BCUT2D eigenvalue weighted by Crippen LogP contribution is 2.21. The molecular formula is C43H71N31S6. The number of aromatic nitrogens is 18. The second kappa shape index (κ2) is 36.2. The van der Waals surface area contributed by atoms with Gasteiger partial charge in [-0.1, -0.05) is 112 Å². The average Bonchev–Trinajstić information content (AvgIpc) is 3.45. The third-order valence-electron chi connectivity index (χ3n) is 9.46. The summed E-state index contributed by atoms with van der Waals surface area (Å²) in [7, 11) is 1.68. The van der Waals surface area contributed by atoms with Gasteiger partial charge in [0, 0.05) is 85.6 Å². The Balaban J connectivity index is 0.952. The van der Waals surface area contributed by atoms with Crippen LogP contribution in [0.25, 0.3) is 0 Å². The first-order valence-electron chi connectivity index (χ1n) is 26.0. The van der Waals surface area contributed by atoms with Crippen molar-refractivity contribution in [2.45, 2.75) is 72.5 Å². The minimum absolute atomic E-state index is 0.433. The Labute approximate surface area is 490 Å². The van der Waals surface area contributed by atoms with Gasteiger partial charge in [-0.3, -0.25) is 9.98 Å². The summed E-state index contributed by atoms with van der Waals surface area (Å²) < 4.78 is 0. The van der Waals surface area contributed by atoms with Crippen LogP contribution >= 0.6 is 70.6 Å². The van der Waals surface area contributed by atoms with Gasteiger partial charge >= 0.3 is 0 Å². The smallest absolute Gasteiger partial charge is 0.228 e. The maximum atomic E-state index is 5.66. The summed E-state index contributed by atoms with van der Waals surface area (Å²) in [5.74, 6) is 9.96. The molecule has 6 heterocycles. The van der Waals surface area contributed by atoms with Crippen LogP contribution < -0.4 is 69.8 Å². The van der Waals surface area contributed by atoms with E-state index in [2.05, 4.69) is 167 Å². The van der Waals surface area contributed by atoms with E-state index in [9.17, 15) is 0 Å². The van der Waals surface area contributed by atoms with Gasteiger partial charge in [-0.25, -0.2) is 0 Å². The van der Waals surface area contributed by atoms with Crippen molar-refractivity contribution < 1.29 is 0 Å². The summed E-state index contributed by atoms with van der Waals surface area (Å²) in [5, 5.41) is 39.8. The SMILES string of the molecule is CCSc1nc(NCCN)nc(NCCNc2nc(NCCNc3nc(NCCNc4nc(NCCNc5nc(NCCNc6nc(SCC)nc(=NC)[nH]6)nc(SCC)n5)nc(SCC)n4)nc(SCC)n3)nc(SCC)n2)n1. The van der Waals surface area contributed by atoms with E-state index in [0.717, 1.165) is 34.5 Å². The van der Waals surface area contributed by atoms with Gasteiger partial charge < -0.3 is 64.2 Å². The molecule has 0 aliphatic rings. The van der Waals surface area contributed by atoms with Crippen LogP contribution in [0.1, 0.15) is 41.5 Å². The molecule has 0 saturated heterocycles. The summed E-state index contributed by atoms with van der Waals surface area (Å²) in [4.78, 5) is 85.0. The molecule has 37 heteroatoms. The quantitative estimate of drug-likeness (QED) is 0.0191. The molecule has 0 amide bonds. The van der Waals surface area contributed by atoms with Gasteiger partial charge in [0.05, 0.1) is 0 Å². The third kappa shape index (κ3) is 23.1. The molecule has 0 fully saturated rings. The number of nitrogens with zero attached hydrogens (tertiary/aromatic N) is 18. The summed E-state index contributed by atoms with van der Waals surface area (Å²) >= 11 is 9.20. The zero-order chi connectivity index (χ0) is 56.6. The molecule has 6 aromatic heterocycles. The van der Waals surface area contributed by atoms with Gasteiger partial charge in [0.1, 0.15) is 0 Å². The molecule has 434 valence electrons. The average molecular weight is 1210 g/mol. The lowest BCUT2D eigenvalue weighted by Gasteiger charge is -2.13. The molecule has 6 aromatic rings. The molecule has 0 bridgehead atoms. The fourth-order valence-corrected chi connectivity index (χ4v) is 9.60. The van der Waals surface area contributed by atoms with Crippen molar-refractivity contribution in [2.24, 2.45) is 10.7 Å². The fraction of sp³-hybridized carbons (Fsp3) is 0.581. The Kier molecular flexibility index (Phi) is 28.4. The van der Waals surface area contributed by atoms with E-state index in [0.29, 0.717) is 181 Å². The van der Waals surface area contributed by atoms with E-state index in [4.69, 9.17) is 5.73 Å². The van der Waals surface area contributed by atoms with Crippen LogP contribution in [-0.4, -0.2) is 210 Å². The Morgan fingerprint density at radius 3 is 0.725 bits per heavy atom. The molecule has 0 aliphatic heterocycles. The van der Waals surface area contributed by atoms with Gasteiger partial charge in [0.25, 0.3) is 0 Å². The molecule has 6 rings (SSSR count). The number of H-pyrrole nitrogens is 1. The molecule has 0 atom stereocenters. The van der Waals surface area contributed by atoms with Crippen LogP contribution in [0.15, 0.2) is 35.9 Å². The van der Waals surface area contributed by atoms with Crippen molar-refractivity contribution in [3.63, 3.8) is 0 Å². The Morgan fingerprint density at radius 2 is 0.512 bits per heavy atom. The third-order valence-corrected chi connectivity index (χ3v) is 13.8. The van der Waals surface area contributed by atoms with E-state index in [1.165, 1.54) is 58.8 Å². The largest absolute Gasteiger partial charge is 0.354 e. The first-order valence-corrected chi connectivity index (χ1v) is 31.9. The van der Waals surface area contributed by atoms with E-state index >= 15 is 0 Å². The number of hydrogen-bond acceptors (Lipinski definition) is 36. The van der Waals surface area contributed by atoms with Crippen molar-refractivity contribution in [2.75, 3.05) is 179 Å². The zero-order valence-electron chi connectivity index (χ0n) is 45.8. The molecule has 31 nitrogen and oxygen atoms in total. The summed E-state index contributed by atoms with van der Waals surface area (Å²) in [6, 6.07) is 0. The van der Waals surface area contributed by atoms with Gasteiger partial charge in [-0.05, 0) is 34.5 Å². The first-order chi connectivity index (χ1) is 39.2. The molecule has 14 N–H and O–H groups in total. The highest BCUT2D eigenvalue weighted by atomic mass is 32.2. The molecule has 0 aromatic carbocycles. The lowest BCUT2D eigenvalue weighted by Crippen LogP contribution is -2.22. The number of anilines is 11. The van der Waals surface area contributed by atoms with E-state index in [1.807, 2.05) is 27.7 Å². The van der Waals surface area contributed by atoms with E-state index in [1.54, 1.807) is 18.8 Å².